The van der Waals surface area contributed by atoms with Crippen molar-refractivity contribution in [2.24, 2.45) is 11.8 Å². The first-order valence-electron chi connectivity index (χ1n) is 9.59. The number of rotatable bonds is 2. The minimum Gasteiger partial charge on any atom is -0.355 e. The average molecular weight is 456 g/mol. The highest BCUT2D eigenvalue weighted by atomic mass is 35.5. The van der Waals surface area contributed by atoms with Crippen molar-refractivity contribution >= 4 is 40.6 Å². The first-order chi connectivity index (χ1) is 14.1. The predicted octanol–water partition coefficient (Wildman–Crippen LogP) is 4.53. The highest BCUT2D eigenvalue weighted by Crippen LogP contribution is 2.38. The molecule has 4 heterocycles. The number of hydrogen-bond donors (Lipinski definition) is 1. The maximum atomic E-state index is 12.8. The van der Waals surface area contributed by atoms with E-state index < -0.39 is 11.7 Å². The van der Waals surface area contributed by atoms with Gasteiger partial charge in [0.25, 0.3) is 0 Å². The van der Waals surface area contributed by atoms with Gasteiger partial charge in [-0.25, -0.2) is 9.97 Å². The molecule has 2 atom stereocenters. The Balaban J connectivity index is 1.38. The lowest BCUT2D eigenvalue weighted by molar-refractivity contribution is -0.137. The zero-order valence-electron chi connectivity index (χ0n) is 16.5. The number of alkyl halides is 3. The number of thiocarbonyl (C=S) groups is 1. The van der Waals surface area contributed by atoms with Gasteiger partial charge >= 0.3 is 6.18 Å². The molecule has 1 N–H and O–H groups in total. The van der Waals surface area contributed by atoms with Gasteiger partial charge in [0, 0.05) is 49.9 Å². The molecule has 2 aromatic heterocycles. The number of anilines is 2. The summed E-state index contributed by atoms with van der Waals surface area (Å²) in [6.07, 6.45) is -3.61. The van der Waals surface area contributed by atoms with Crippen molar-refractivity contribution < 1.29 is 13.2 Å². The first-order valence-corrected chi connectivity index (χ1v) is 10.4. The molecule has 2 aliphatic rings. The van der Waals surface area contributed by atoms with Crippen molar-refractivity contribution in [2.75, 3.05) is 36.4 Å². The molecule has 2 fully saturated rings. The molecule has 30 heavy (non-hydrogen) atoms. The summed E-state index contributed by atoms with van der Waals surface area (Å²) in [6, 6.07) is 4.90. The summed E-state index contributed by atoms with van der Waals surface area (Å²) in [4.78, 5) is 12.6. The molecule has 2 aromatic rings. The van der Waals surface area contributed by atoms with Gasteiger partial charge in [-0.15, -0.1) is 0 Å². The smallest absolute Gasteiger partial charge is 0.355 e. The number of halogens is 4. The van der Waals surface area contributed by atoms with E-state index >= 15 is 0 Å². The normalized spacial score (nSPS) is 21.1. The number of fused-ring (bicyclic) bond motifs is 1. The summed E-state index contributed by atoms with van der Waals surface area (Å²) in [7, 11) is 0. The van der Waals surface area contributed by atoms with Crippen LogP contribution in [0.25, 0.3) is 0 Å². The van der Waals surface area contributed by atoms with Crippen LogP contribution in [-0.2, 0) is 6.18 Å². The molecule has 4 rings (SSSR count). The van der Waals surface area contributed by atoms with Gasteiger partial charge in [0.1, 0.15) is 11.6 Å². The summed E-state index contributed by atoms with van der Waals surface area (Å²) in [5.41, 5.74) is 1.20. The van der Waals surface area contributed by atoms with Gasteiger partial charge in [-0.05, 0) is 49.8 Å². The largest absolute Gasteiger partial charge is 0.417 e. The molecule has 2 aliphatic heterocycles. The fraction of sp³-hybridized carbons (Fsp3) is 0.450. The third-order valence-corrected chi connectivity index (χ3v) is 6.19. The summed E-state index contributed by atoms with van der Waals surface area (Å²) < 4.78 is 38.5. The van der Waals surface area contributed by atoms with Crippen LogP contribution in [0.2, 0.25) is 5.02 Å². The van der Waals surface area contributed by atoms with Crippen molar-refractivity contribution in [1.82, 2.24) is 14.9 Å². The molecule has 5 nitrogen and oxygen atoms in total. The van der Waals surface area contributed by atoms with Gasteiger partial charge in [-0.2, -0.15) is 13.2 Å². The van der Waals surface area contributed by atoms with E-state index in [0.717, 1.165) is 42.4 Å². The Hall–Kier alpha value is -2.13. The Morgan fingerprint density at radius 1 is 1.13 bits per heavy atom. The molecular formula is C20H21ClF3N5S. The van der Waals surface area contributed by atoms with Crippen LogP contribution in [0.5, 0.6) is 0 Å². The van der Waals surface area contributed by atoms with E-state index in [9.17, 15) is 13.2 Å². The highest BCUT2D eigenvalue weighted by Gasteiger charge is 2.42. The summed E-state index contributed by atoms with van der Waals surface area (Å²) >= 11 is 11.7. The third kappa shape index (κ3) is 4.32. The second-order valence-electron chi connectivity index (χ2n) is 7.96. The number of nitrogens with one attached hydrogen (secondary N) is 1. The molecule has 0 saturated carbocycles. The standard InChI is InChI=1S/C20H21ClF3N5S/c1-11-3-12(2)26-17(4-11)27-19(30)29-9-13-7-28(8-14(13)10-29)18-16(21)5-15(6-25-18)20(22,23)24/h3-6,13-14H,7-10H2,1-2H3,(H,26,27,30). The van der Waals surface area contributed by atoms with E-state index in [1.54, 1.807) is 0 Å². The minimum atomic E-state index is -4.45. The molecule has 160 valence electrons. The fourth-order valence-corrected chi connectivity index (χ4v) is 4.78. The van der Waals surface area contributed by atoms with Crippen molar-refractivity contribution in [3.8, 4) is 0 Å². The van der Waals surface area contributed by atoms with Gasteiger partial charge < -0.3 is 15.1 Å². The second-order valence-corrected chi connectivity index (χ2v) is 8.75. The SMILES string of the molecule is Cc1cc(C)nc(NC(=S)N2CC3CN(c4ncc(C(F)(F)F)cc4Cl)CC3C2)c1. The molecule has 0 bridgehead atoms. The third-order valence-electron chi connectivity index (χ3n) is 5.55. The maximum absolute atomic E-state index is 12.8. The van der Waals surface area contributed by atoms with Gasteiger partial charge in [0.2, 0.25) is 0 Å². The molecule has 0 aromatic carbocycles. The van der Waals surface area contributed by atoms with Gasteiger partial charge in [-0.3, -0.25) is 0 Å². The fourth-order valence-electron chi connectivity index (χ4n) is 4.24. The number of hydrogen-bond acceptors (Lipinski definition) is 4. The lowest BCUT2D eigenvalue weighted by atomic mass is 10.0. The number of nitrogens with zero attached hydrogens (tertiary/aromatic N) is 4. The summed E-state index contributed by atoms with van der Waals surface area (Å²) in [6.45, 7) is 6.87. The van der Waals surface area contributed by atoms with Crippen molar-refractivity contribution in [1.29, 1.82) is 0 Å². The number of likely N-dealkylation sites (tertiary alicyclic amines) is 1. The van der Waals surface area contributed by atoms with E-state index in [1.165, 1.54) is 0 Å². The molecule has 0 radical (unpaired) electrons. The second kappa shape index (κ2) is 7.85. The average Bonchev–Trinajstić information content (AvgIpc) is 3.19. The lowest BCUT2D eigenvalue weighted by Crippen LogP contribution is -2.36. The number of aryl methyl sites for hydroxylation is 2. The van der Waals surface area contributed by atoms with E-state index in [1.807, 2.05) is 30.9 Å². The zero-order valence-corrected chi connectivity index (χ0v) is 18.1. The van der Waals surface area contributed by atoms with Crippen LogP contribution in [0.4, 0.5) is 24.8 Å². The van der Waals surface area contributed by atoms with Crippen LogP contribution >= 0.6 is 23.8 Å². The summed E-state index contributed by atoms with van der Waals surface area (Å²) in [5.74, 6) is 1.83. The Labute approximate surface area is 183 Å². The molecule has 0 spiro atoms. The number of pyridine rings is 2. The van der Waals surface area contributed by atoms with Crippen LogP contribution in [0, 0.1) is 25.7 Å². The molecule has 2 unspecified atom stereocenters. The Morgan fingerprint density at radius 3 is 2.37 bits per heavy atom. The van der Waals surface area contributed by atoms with E-state index in [-0.39, 0.29) is 5.02 Å². The van der Waals surface area contributed by atoms with Crippen LogP contribution in [0.1, 0.15) is 16.8 Å². The molecule has 0 amide bonds. The van der Waals surface area contributed by atoms with Crippen molar-refractivity contribution in [3.05, 3.63) is 46.2 Å². The van der Waals surface area contributed by atoms with E-state index in [4.69, 9.17) is 23.8 Å². The van der Waals surface area contributed by atoms with E-state index in [2.05, 4.69) is 20.2 Å². The van der Waals surface area contributed by atoms with E-state index in [0.29, 0.717) is 35.9 Å². The van der Waals surface area contributed by atoms with Crippen molar-refractivity contribution in [2.45, 2.75) is 20.0 Å². The monoisotopic (exact) mass is 455 g/mol. The Morgan fingerprint density at radius 2 is 1.80 bits per heavy atom. The van der Waals surface area contributed by atoms with Crippen molar-refractivity contribution in [3.63, 3.8) is 0 Å². The first kappa shape index (κ1) is 21.1. The maximum Gasteiger partial charge on any atom is 0.417 e. The predicted molar refractivity (Wildman–Crippen MR) is 115 cm³/mol. The minimum absolute atomic E-state index is 0.0275. The molecule has 2 saturated heterocycles. The zero-order chi connectivity index (χ0) is 21.6. The lowest BCUT2D eigenvalue weighted by Gasteiger charge is -2.25. The topological polar surface area (TPSA) is 44.3 Å². The number of aromatic nitrogens is 2. The van der Waals surface area contributed by atoms with Crippen LogP contribution in [0.15, 0.2) is 24.4 Å². The molecular weight excluding hydrogens is 435 g/mol. The Kier molecular flexibility index (Phi) is 5.52. The van der Waals surface area contributed by atoms with Gasteiger partial charge in [0.15, 0.2) is 5.11 Å². The summed E-state index contributed by atoms with van der Waals surface area (Å²) in [5, 5.41) is 3.89. The highest BCUT2D eigenvalue weighted by molar-refractivity contribution is 7.80. The molecule has 0 aliphatic carbocycles. The quantitative estimate of drug-likeness (QED) is 0.671. The van der Waals surface area contributed by atoms with Gasteiger partial charge in [-0.1, -0.05) is 11.6 Å². The Bertz CT molecular complexity index is 949. The van der Waals surface area contributed by atoms with Crippen LogP contribution in [-0.4, -0.2) is 46.2 Å². The van der Waals surface area contributed by atoms with Gasteiger partial charge in [0.05, 0.1) is 10.6 Å². The van der Waals surface area contributed by atoms with Crippen LogP contribution < -0.4 is 10.2 Å². The molecule has 10 heteroatoms. The van der Waals surface area contributed by atoms with Crippen LogP contribution in [0.3, 0.4) is 0 Å².